The quantitative estimate of drug-likeness (QED) is 0.898. The molecule has 0 fully saturated rings. The molecule has 1 N–H and O–H groups in total. The van der Waals surface area contributed by atoms with Gasteiger partial charge in [-0.2, -0.15) is 0 Å². The van der Waals surface area contributed by atoms with Crippen LogP contribution in [0.4, 0.5) is 5.82 Å². The van der Waals surface area contributed by atoms with Gasteiger partial charge in [-0.3, -0.25) is 4.79 Å². The first-order chi connectivity index (χ1) is 8.72. The number of ether oxygens (including phenoxy) is 1. The fourth-order valence-corrected chi connectivity index (χ4v) is 1.51. The van der Waals surface area contributed by atoms with Gasteiger partial charge in [0.05, 0.1) is 13.3 Å². The van der Waals surface area contributed by atoms with Crippen LogP contribution in [0.1, 0.15) is 13.3 Å². The molecule has 0 spiro atoms. The van der Waals surface area contributed by atoms with E-state index in [1.807, 2.05) is 28.8 Å². The smallest absolute Gasteiger partial charge is 0.225 e. The number of aromatic nitrogens is 2. The van der Waals surface area contributed by atoms with E-state index in [0.29, 0.717) is 12.2 Å². The molecule has 0 radical (unpaired) electrons. The summed E-state index contributed by atoms with van der Waals surface area (Å²) in [6.45, 7) is 1.80. The molecule has 2 aromatic rings. The SMILES string of the molecule is CCC(=O)Nc1cn(-c2ccc(OC)cc2)cn1. The average Bonchev–Trinajstić information content (AvgIpc) is 2.87. The van der Waals surface area contributed by atoms with Crippen molar-refractivity contribution in [3.05, 3.63) is 36.8 Å². The van der Waals surface area contributed by atoms with Gasteiger partial charge in [-0.25, -0.2) is 4.98 Å². The minimum absolute atomic E-state index is 0.0463. The van der Waals surface area contributed by atoms with Gasteiger partial charge >= 0.3 is 0 Å². The van der Waals surface area contributed by atoms with Crippen LogP contribution in [0.5, 0.6) is 5.75 Å². The molecule has 1 aromatic heterocycles. The molecule has 0 saturated carbocycles. The minimum atomic E-state index is -0.0463. The standard InChI is InChI=1S/C13H15N3O2/c1-3-13(17)15-12-8-16(9-14-12)10-4-6-11(18-2)7-5-10/h4-9H,3H2,1-2H3,(H,15,17). The number of carbonyl (C=O) groups is 1. The van der Waals surface area contributed by atoms with E-state index in [1.165, 1.54) is 0 Å². The van der Waals surface area contributed by atoms with Gasteiger partial charge in [-0.1, -0.05) is 6.92 Å². The Kier molecular flexibility index (Phi) is 3.62. The molecule has 2 rings (SSSR count). The monoisotopic (exact) mass is 245 g/mol. The number of hydrogen-bond acceptors (Lipinski definition) is 3. The van der Waals surface area contributed by atoms with Crippen molar-refractivity contribution in [2.75, 3.05) is 12.4 Å². The normalized spacial score (nSPS) is 10.1. The fraction of sp³-hybridized carbons (Fsp3) is 0.231. The lowest BCUT2D eigenvalue weighted by Gasteiger charge is -2.03. The molecule has 0 aliphatic heterocycles. The van der Waals surface area contributed by atoms with E-state index < -0.39 is 0 Å². The van der Waals surface area contributed by atoms with Crippen molar-refractivity contribution in [2.24, 2.45) is 0 Å². The number of carbonyl (C=O) groups excluding carboxylic acids is 1. The highest BCUT2D eigenvalue weighted by molar-refractivity contribution is 5.89. The third-order valence-electron chi connectivity index (χ3n) is 2.54. The molecule has 5 heteroatoms. The largest absolute Gasteiger partial charge is 0.497 e. The van der Waals surface area contributed by atoms with E-state index in [-0.39, 0.29) is 5.91 Å². The van der Waals surface area contributed by atoms with Gasteiger partial charge in [-0.05, 0) is 24.3 Å². The summed E-state index contributed by atoms with van der Waals surface area (Å²) in [5.74, 6) is 1.31. The van der Waals surface area contributed by atoms with Crippen LogP contribution in [-0.2, 0) is 4.79 Å². The van der Waals surface area contributed by atoms with Gasteiger partial charge in [0.15, 0.2) is 5.82 Å². The number of anilines is 1. The molecule has 0 bridgehead atoms. The van der Waals surface area contributed by atoms with Gasteiger partial charge in [0, 0.05) is 12.1 Å². The predicted molar refractivity (Wildman–Crippen MR) is 69.0 cm³/mol. The molecule has 0 aliphatic carbocycles. The molecular formula is C13H15N3O2. The molecule has 1 heterocycles. The third kappa shape index (κ3) is 2.68. The lowest BCUT2D eigenvalue weighted by molar-refractivity contribution is -0.115. The Bertz CT molecular complexity index is 531. The maximum atomic E-state index is 11.2. The van der Waals surface area contributed by atoms with Crippen LogP contribution in [0.25, 0.3) is 5.69 Å². The number of nitrogens with zero attached hydrogens (tertiary/aromatic N) is 2. The molecule has 0 aliphatic rings. The topological polar surface area (TPSA) is 56.2 Å². The Labute approximate surface area is 105 Å². The zero-order valence-corrected chi connectivity index (χ0v) is 10.4. The summed E-state index contributed by atoms with van der Waals surface area (Å²) >= 11 is 0. The number of rotatable bonds is 4. The Morgan fingerprint density at radius 2 is 2.11 bits per heavy atom. The van der Waals surface area contributed by atoms with Crippen LogP contribution in [0, 0.1) is 0 Å². The van der Waals surface area contributed by atoms with Crippen LogP contribution in [0.3, 0.4) is 0 Å². The van der Waals surface area contributed by atoms with Gasteiger partial charge in [-0.15, -0.1) is 0 Å². The first kappa shape index (κ1) is 12.2. The van der Waals surface area contributed by atoms with Crippen LogP contribution in [0.15, 0.2) is 36.8 Å². The van der Waals surface area contributed by atoms with E-state index in [2.05, 4.69) is 10.3 Å². The van der Waals surface area contributed by atoms with Crippen molar-refractivity contribution in [3.63, 3.8) is 0 Å². The second-order valence-corrected chi connectivity index (χ2v) is 3.77. The molecule has 0 saturated heterocycles. The van der Waals surface area contributed by atoms with E-state index in [0.717, 1.165) is 11.4 Å². The number of benzene rings is 1. The molecule has 94 valence electrons. The van der Waals surface area contributed by atoms with Crippen LogP contribution in [0.2, 0.25) is 0 Å². The average molecular weight is 245 g/mol. The molecular weight excluding hydrogens is 230 g/mol. The molecule has 5 nitrogen and oxygen atoms in total. The summed E-state index contributed by atoms with van der Waals surface area (Å²) in [5.41, 5.74) is 0.959. The molecule has 0 atom stereocenters. The fourth-order valence-electron chi connectivity index (χ4n) is 1.51. The van der Waals surface area contributed by atoms with Crippen molar-refractivity contribution >= 4 is 11.7 Å². The van der Waals surface area contributed by atoms with Crippen molar-refractivity contribution in [1.29, 1.82) is 0 Å². The van der Waals surface area contributed by atoms with Crippen molar-refractivity contribution in [1.82, 2.24) is 9.55 Å². The number of methoxy groups -OCH3 is 1. The summed E-state index contributed by atoms with van der Waals surface area (Å²) in [4.78, 5) is 15.4. The Morgan fingerprint density at radius 3 is 2.72 bits per heavy atom. The number of imidazole rings is 1. The summed E-state index contributed by atoms with van der Waals surface area (Å²) in [5, 5.41) is 2.71. The maximum Gasteiger partial charge on any atom is 0.225 e. The summed E-state index contributed by atoms with van der Waals surface area (Å²) in [7, 11) is 1.63. The van der Waals surface area contributed by atoms with Crippen LogP contribution < -0.4 is 10.1 Å². The second kappa shape index (κ2) is 5.35. The van der Waals surface area contributed by atoms with Crippen molar-refractivity contribution in [3.8, 4) is 11.4 Å². The maximum absolute atomic E-state index is 11.2. The Balaban J connectivity index is 2.15. The highest BCUT2D eigenvalue weighted by atomic mass is 16.5. The molecule has 0 unspecified atom stereocenters. The van der Waals surface area contributed by atoms with Gasteiger partial charge in [0.2, 0.25) is 5.91 Å². The third-order valence-corrected chi connectivity index (χ3v) is 2.54. The Hall–Kier alpha value is -2.30. The lowest BCUT2D eigenvalue weighted by atomic mass is 10.3. The molecule has 1 aromatic carbocycles. The second-order valence-electron chi connectivity index (χ2n) is 3.77. The summed E-state index contributed by atoms with van der Waals surface area (Å²) in [6.07, 6.45) is 3.87. The highest BCUT2D eigenvalue weighted by Gasteiger charge is 2.03. The van der Waals surface area contributed by atoms with Crippen LogP contribution in [-0.4, -0.2) is 22.6 Å². The van der Waals surface area contributed by atoms with E-state index in [1.54, 1.807) is 26.6 Å². The molecule has 18 heavy (non-hydrogen) atoms. The first-order valence-corrected chi connectivity index (χ1v) is 5.71. The van der Waals surface area contributed by atoms with Crippen molar-refractivity contribution in [2.45, 2.75) is 13.3 Å². The number of hydrogen-bond donors (Lipinski definition) is 1. The minimum Gasteiger partial charge on any atom is -0.497 e. The summed E-state index contributed by atoms with van der Waals surface area (Å²) in [6, 6.07) is 7.59. The van der Waals surface area contributed by atoms with Gasteiger partial charge in [0.1, 0.15) is 12.1 Å². The van der Waals surface area contributed by atoms with Crippen LogP contribution >= 0.6 is 0 Å². The van der Waals surface area contributed by atoms with E-state index in [9.17, 15) is 4.79 Å². The molecule has 1 amide bonds. The van der Waals surface area contributed by atoms with E-state index >= 15 is 0 Å². The zero-order valence-electron chi connectivity index (χ0n) is 10.4. The highest BCUT2D eigenvalue weighted by Crippen LogP contribution is 2.16. The van der Waals surface area contributed by atoms with Crippen molar-refractivity contribution < 1.29 is 9.53 Å². The van der Waals surface area contributed by atoms with Gasteiger partial charge in [0.25, 0.3) is 0 Å². The summed E-state index contributed by atoms with van der Waals surface area (Å²) < 4.78 is 6.93. The zero-order chi connectivity index (χ0) is 13.0. The predicted octanol–water partition coefficient (Wildman–Crippen LogP) is 2.23. The Morgan fingerprint density at radius 1 is 1.39 bits per heavy atom. The number of nitrogens with one attached hydrogen (secondary N) is 1. The lowest BCUT2D eigenvalue weighted by Crippen LogP contribution is -2.09. The van der Waals surface area contributed by atoms with E-state index in [4.69, 9.17) is 4.74 Å². The first-order valence-electron chi connectivity index (χ1n) is 5.71. The van der Waals surface area contributed by atoms with Gasteiger partial charge < -0.3 is 14.6 Å². The number of amides is 1.